The van der Waals surface area contributed by atoms with Crippen LogP contribution in [-0.2, 0) is 26.0 Å². The molecule has 2 heterocycles. The van der Waals surface area contributed by atoms with Crippen LogP contribution in [0.1, 0.15) is 24.8 Å². The SMILES string of the molecule is CS(=O)(=O)N[C@@H]1[C@H](Cc2cccc(-c3ccccc3F)c2F)N(C(=O)C2CCO2)CC12CC2. The third kappa shape index (κ3) is 4.18. The average Bonchev–Trinajstić information content (AvgIpc) is 3.43. The minimum atomic E-state index is -3.55. The standard InChI is InChI=1S/C24H26F2N2O4S/c1-33(30,31)27-22-19(28(14-24(22)10-11-24)23(29)20-9-12-32-20)13-15-5-4-7-17(21(15)26)16-6-2-3-8-18(16)25/h2-8,19-20,22,27H,9-14H2,1H3/t19-,20?,22+/m0/s1. The van der Waals surface area contributed by atoms with Gasteiger partial charge in [0.2, 0.25) is 10.0 Å². The third-order valence-corrected chi connectivity index (χ3v) is 7.77. The second kappa shape index (κ2) is 8.14. The predicted molar refractivity (Wildman–Crippen MR) is 119 cm³/mol. The molecule has 1 N–H and O–H groups in total. The molecule has 3 fully saturated rings. The second-order valence-electron chi connectivity index (χ2n) is 9.37. The van der Waals surface area contributed by atoms with Crippen LogP contribution in [0.3, 0.4) is 0 Å². The fraction of sp³-hybridized carbons (Fsp3) is 0.458. The first-order chi connectivity index (χ1) is 15.7. The van der Waals surface area contributed by atoms with E-state index >= 15 is 4.39 Å². The molecule has 1 aliphatic carbocycles. The van der Waals surface area contributed by atoms with Crippen molar-refractivity contribution in [1.82, 2.24) is 9.62 Å². The number of ether oxygens (including phenoxy) is 1. The third-order valence-electron chi connectivity index (χ3n) is 7.09. The molecule has 2 saturated heterocycles. The molecule has 5 rings (SSSR count). The highest BCUT2D eigenvalue weighted by molar-refractivity contribution is 7.88. The summed E-state index contributed by atoms with van der Waals surface area (Å²) >= 11 is 0. The van der Waals surface area contributed by atoms with Gasteiger partial charge in [-0.15, -0.1) is 0 Å². The van der Waals surface area contributed by atoms with E-state index < -0.39 is 39.8 Å². The zero-order valence-corrected chi connectivity index (χ0v) is 19.1. The maximum atomic E-state index is 15.6. The summed E-state index contributed by atoms with van der Waals surface area (Å²) < 4.78 is 62.4. The number of carbonyl (C=O) groups is 1. The predicted octanol–water partition coefficient (Wildman–Crippen LogP) is 2.87. The van der Waals surface area contributed by atoms with Crippen LogP contribution < -0.4 is 4.72 Å². The number of sulfonamides is 1. The van der Waals surface area contributed by atoms with E-state index in [0.29, 0.717) is 25.1 Å². The van der Waals surface area contributed by atoms with Gasteiger partial charge in [0.1, 0.15) is 17.7 Å². The molecule has 2 aromatic rings. The molecule has 9 heteroatoms. The number of carbonyl (C=O) groups excluding carboxylic acids is 1. The van der Waals surface area contributed by atoms with Crippen molar-refractivity contribution in [2.24, 2.45) is 5.41 Å². The number of likely N-dealkylation sites (tertiary alicyclic amines) is 1. The summed E-state index contributed by atoms with van der Waals surface area (Å²) in [4.78, 5) is 14.8. The quantitative estimate of drug-likeness (QED) is 0.696. The summed E-state index contributed by atoms with van der Waals surface area (Å²) in [6, 6.07) is 9.68. The van der Waals surface area contributed by atoms with Crippen LogP contribution in [0.15, 0.2) is 42.5 Å². The van der Waals surface area contributed by atoms with Crippen molar-refractivity contribution in [2.45, 2.75) is 43.9 Å². The summed E-state index contributed by atoms with van der Waals surface area (Å²) in [5.41, 5.74) is 0.263. The van der Waals surface area contributed by atoms with Crippen molar-refractivity contribution < 1.29 is 26.7 Å². The van der Waals surface area contributed by atoms with E-state index in [1.807, 2.05) is 0 Å². The van der Waals surface area contributed by atoms with Crippen LogP contribution in [-0.4, -0.2) is 56.8 Å². The van der Waals surface area contributed by atoms with Gasteiger partial charge in [0.15, 0.2) is 0 Å². The minimum absolute atomic E-state index is 0.113. The van der Waals surface area contributed by atoms with Gasteiger partial charge >= 0.3 is 0 Å². The van der Waals surface area contributed by atoms with E-state index in [4.69, 9.17) is 4.74 Å². The van der Waals surface area contributed by atoms with Gasteiger partial charge in [0.05, 0.1) is 18.9 Å². The average molecular weight is 477 g/mol. The lowest BCUT2D eigenvalue weighted by molar-refractivity contribution is -0.157. The minimum Gasteiger partial charge on any atom is -0.368 e. The Kier molecular flexibility index (Phi) is 5.54. The molecule has 0 bridgehead atoms. The van der Waals surface area contributed by atoms with Gasteiger partial charge in [-0.3, -0.25) is 4.79 Å². The molecule has 1 unspecified atom stereocenters. The lowest BCUT2D eigenvalue weighted by atomic mass is 9.91. The fourth-order valence-corrected chi connectivity index (χ4v) is 6.01. The molecule has 0 radical (unpaired) electrons. The highest BCUT2D eigenvalue weighted by Gasteiger charge is 2.61. The lowest BCUT2D eigenvalue weighted by Crippen LogP contribution is -2.53. The van der Waals surface area contributed by atoms with Crippen molar-refractivity contribution in [3.05, 3.63) is 59.7 Å². The summed E-state index contributed by atoms with van der Waals surface area (Å²) in [5, 5.41) is 0. The fourth-order valence-electron chi connectivity index (χ4n) is 5.14. The summed E-state index contributed by atoms with van der Waals surface area (Å²) in [6.07, 6.45) is 2.89. The van der Waals surface area contributed by atoms with Gasteiger partial charge in [-0.25, -0.2) is 21.9 Å². The summed E-state index contributed by atoms with van der Waals surface area (Å²) in [6.45, 7) is 0.933. The van der Waals surface area contributed by atoms with E-state index in [-0.39, 0.29) is 28.9 Å². The van der Waals surface area contributed by atoms with Crippen LogP contribution in [0.25, 0.3) is 11.1 Å². The van der Waals surface area contributed by atoms with Crippen molar-refractivity contribution >= 4 is 15.9 Å². The first-order valence-corrected chi connectivity index (χ1v) is 13.0. The van der Waals surface area contributed by atoms with Crippen molar-refractivity contribution in [3.63, 3.8) is 0 Å². The number of rotatable bonds is 6. The molecular formula is C24H26F2N2O4S. The van der Waals surface area contributed by atoms with Gasteiger partial charge in [0.25, 0.3) is 5.91 Å². The number of hydrogen-bond acceptors (Lipinski definition) is 4. The number of nitrogens with one attached hydrogen (secondary N) is 1. The van der Waals surface area contributed by atoms with E-state index in [2.05, 4.69) is 4.72 Å². The Labute approximate surface area is 192 Å². The molecule has 2 aliphatic heterocycles. The molecule has 3 aliphatic rings. The van der Waals surface area contributed by atoms with E-state index in [1.165, 1.54) is 18.2 Å². The van der Waals surface area contributed by atoms with Crippen LogP contribution >= 0.6 is 0 Å². The zero-order chi connectivity index (χ0) is 23.4. The second-order valence-corrected chi connectivity index (χ2v) is 11.2. The zero-order valence-electron chi connectivity index (χ0n) is 18.3. The van der Waals surface area contributed by atoms with E-state index in [0.717, 1.165) is 19.1 Å². The smallest absolute Gasteiger partial charge is 0.252 e. The first kappa shape index (κ1) is 22.4. The Hall–Kier alpha value is -2.36. The summed E-state index contributed by atoms with van der Waals surface area (Å²) in [7, 11) is -3.55. The number of hydrogen-bond donors (Lipinski definition) is 1. The van der Waals surface area contributed by atoms with Crippen molar-refractivity contribution in [2.75, 3.05) is 19.4 Å². The Balaban J connectivity index is 1.51. The highest BCUT2D eigenvalue weighted by Crippen LogP contribution is 2.56. The number of nitrogens with zero attached hydrogens (tertiary/aromatic N) is 1. The molecule has 176 valence electrons. The van der Waals surface area contributed by atoms with E-state index in [1.54, 1.807) is 29.2 Å². The summed E-state index contributed by atoms with van der Waals surface area (Å²) in [5.74, 6) is -1.27. The molecule has 6 nitrogen and oxygen atoms in total. The monoisotopic (exact) mass is 476 g/mol. The van der Waals surface area contributed by atoms with Crippen molar-refractivity contribution in [3.8, 4) is 11.1 Å². The maximum Gasteiger partial charge on any atom is 0.252 e. The maximum absolute atomic E-state index is 15.6. The molecule has 1 spiro atoms. The van der Waals surface area contributed by atoms with Gasteiger partial charge in [-0.2, -0.15) is 0 Å². The largest absolute Gasteiger partial charge is 0.368 e. The normalized spacial score (nSPS) is 25.8. The van der Waals surface area contributed by atoms with Gasteiger partial charge < -0.3 is 9.64 Å². The molecule has 3 atom stereocenters. The van der Waals surface area contributed by atoms with Crippen molar-refractivity contribution in [1.29, 1.82) is 0 Å². The molecule has 1 amide bonds. The Morgan fingerprint density at radius 1 is 1.15 bits per heavy atom. The van der Waals surface area contributed by atoms with Crippen LogP contribution in [0.4, 0.5) is 8.78 Å². The Morgan fingerprint density at radius 3 is 2.45 bits per heavy atom. The van der Waals surface area contributed by atoms with Crippen LogP contribution in [0.2, 0.25) is 0 Å². The van der Waals surface area contributed by atoms with Crippen LogP contribution in [0.5, 0.6) is 0 Å². The molecule has 0 aromatic heterocycles. The van der Waals surface area contributed by atoms with E-state index in [9.17, 15) is 17.6 Å². The van der Waals surface area contributed by atoms with Gasteiger partial charge in [0, 0.05) is 35.5 Å². The van der Waals surface area contributed by atoms with Crippen LogP contribution in [0, 0.1) is 17.0 Å². The molecule has 2 aromatic carbocycles. The van der Waals surface area contributed by atoms with Gasteiger partial charge in [-0.1, -0.05) is 36.4 Å². The Bertz CT molecular complexity index is 1190. The Morgan fingerprint density at radius 2 is 1.85 bits per heavy atom. The molecule has 33 heavy (non-hydrogen) atoms. The molecule has 1 saturated carbocycles. The lowest BCUT2D eigenvalue weighted by Gasteiger charge is -2.34. The number of amides is 1. The number of halogens is 2. The molecular weight excluding hydrogens is 450 g/mol. The highest BCUT2D eigenvalue weighted by atomic mass is 32.2. The van der Waals surface area contributed by atoms with Gasteiger partial charge in [-0.05, 0) is 30.9 Å². The topological polar surface area (TPSA) is 75.7 Å². The number of benzene rings is 2. The first-order valence-electron chi connectivity index (χ1n) is 11.1.